The Morgan fingerprint density at radius 1 is 1.27 bits per heavy atom. The molecule has 4 rings (SSSR count). The van der Waals surface area contributed by atoms with Crippen LogP contribution in [0, 0.1) is 6.92 Å². The summed E-state index contributed by atoms with van der Waals surface area (Å²) in [5.74, 6) is 1.26. The monoisotopic (exact) mass is 298 g/mol. The molecule has 0 atom stereocenters. The van der Waals surface area contributed by atoms with Crippen LogP contribution in [0.5, 0.6) is 0 Å². The standard InChI is InChI=1S/C15H18N6O/c1-10-17-14(22-20-10)21-8-6-15(7-9-21)18-12-5-3-2-4-11(12)13(16)19-15/h2-5,18H,6-9H2,1H3,(H2,16,19). The van der Waals surface area contributed by atoms with Crippen LogP contribution in [0.4, 0.5) is 11.7 Å². The van der Waals surface area contributed by atoms with Crippen LogP contribution in [0.3, 0.4) is 0 Å². The Bertz CT molecular complexity index is 729. The highest BCUT2D eigenvalue weighted by Crippen LogP contribution is 2.34. The second kappa shape index (κ2) is 4.72. The third-order valence-electron chi connectivity index (χ3n) is 4.28. The molecule has 0 amide bonds. The van der Waals surface area contributed by atoms with Gasteiger partial charge >= 0.3 is 6.01 Å². The van der Waals surface area contributed by atoms with E-state index in [4.69, 9.17) is 15.2 Å². The molecule has 0 bridgehead atoms. The maximum Gasteiger partial charge on any atom is 0.324 e. The van der Waals surface area contributed by atoms with Crippen molar-refractivity contribution in [3.05, 3.63) is 35.7 Å². The van der Waals surface area contributed by atoms with Gasteiger partial charge in [-0.25, -0.2) is 4.99 Å². The van der Waals surface area contributed by atoms with Crippen LogP contribution in [0.25, 0.3) is 0 Å². The first-order valence-electron chi connectivity index (χ1n) is 7.43. The van der Waals surface area contributed by atoms with E-state index in [9.17, 15) is 0 Å². The number of amidine groups is 1. The van der Waals surface area contributed by atoms with Crippen molar-refractivity contribution in [1.29, 1.82) is 0 Å². The maximum absolute atomic E-state index is 6.16. The van der Waals surface area contributed by atoms with E-state index in [1.165, 1.54) is 0 Å². The quantitative estimate of drug-likeness (QED) is 0.829. The zero-order chi connectivity index (χ0) is 15.2. The van der Waals surface area contributed by atoms with Crippen molar-refractivity contribution >= 4 is 17.5 Å². The summed E-state index contributed by atoms with van der Waals surface area (Å²) in [6, 6.07) is 8.60. The fourth-order valence-electron chi connectivity index (χ4n) is 3.10. The van der Waals surface area contributed by atoms with Crippen LogP contribution < -0.4 is 16.0 Å². The lowest BCUT2D eigenvalue weighted by molar-refractivity contribution is 0.346. The van der Waals surface area contributed by atoms with E-state index in [1.807, 2.05) is 31.2 Å². The van der Waals surface area contributed by atoms with Crippen LogP contribution in [0.1, 0.15) is 24.2 Å². The Kier molecular flexibility index (Phi) is 2.82. The van der Waals surface area contributed by atoms with Gasteiger partial charge < -0.3 is 20.5 Å². The molecule has 3 heterocycles. The highest BCUT2D eigenvalue weighted by Gasteiger charge is 2.38. The average molecular weight is 298 g/mol. The number of para-hydroxylation sites is 1. The number of aromatic nitrogens is 2. The number of benzene rings is 1. The molecule has 7 heteroatoms. The molecule has 3 N–H and O–H groups in total. The van der Waals surface area contributed by atoms with E-state index < -0.39 is 0 Å². The van der Waals surface area contributed by atoms with Crippen molar-refractivity contribution in [3.63, 3.8) is 0 Å². The molecule has 1 aromatic carbocycles. The first-order valence-corrected chi connectivity index (χ1v) is 7.43. The molecule has 22 heavy (non-hydrogen) atoms. The predicted molar refractivity (Wildman–Crippen MR) is 84.0 cm³/mol. The van der Waals surface area contributed by atoms with Crippen molar-refractivity contribution in [3.8, 4) is 0 Å². The van der Waals surface area contributed by atoms with Crippen LogP contribution in [0.15, 0.2) is 33.8 Å². The summed E-state index contributed by atoms with van der Waals surface area (Å²) in [5, 5.41) is 7.41. The molecular weight excluding hydrogens is 280 g/mol. The van der Waals surface area contributed by atoms with E-state index in [-0.39, 0.29) is 5.66 Å². The third kappa shape index (κ3) is 2.09. The molecule has 2 aliphatic rings. The highest BCUT2D eigenvalue weighted by atomic mass is 16.5. The molecule has 1 aromatic heterocycles. The van der Waals surface area contributed by atoms with Crippen molar-refractivity contribution in [2.75, 3.05) is 23.3 Å². The lowest BCUT2D eigenvalue weighted by Crippen LogP contribution is -2.51. The van der Waals surface area contributed by atoms with Gasteiger partial charge in [0.05, 0.1) is 0 Å². The fourth-order valence-corrected chi connectivity index (χ4v) is 3.10. The Balaban J connectivity index is 1.55. The normalized spacial score (nSPS) is 19.5. The number of aryl methyl sites for hydroxylation is 1. The lowest BCUT2D eigenvalue weighted by atomic mass is 9.94. The van der Waals surface area contributed by atoms with Crippen molar-refractivity contribution in [2.24, 2.45) is 10.7 Å². The predicted octanol–water partition coefficient (Wildman–Crippen LogP) is 1.51. The number of hydrogen-bond donors (Lipinski definition) is 2. The zero-order valence-corrected chi connectivity index (χ0v) is 12.4. The van der Waals surface area contributed by atoms with Gasteiger partial charge in [0, 0.05) is 37.2 Å². The van der Waals surface area contributed by atoms with Crippen LogP contribution in [-0.4, -0.2) is 34.7 Å². The van der Waals surface area contributed by atoms with E-state index in [0.717, 1.165) is 37.2 Å². The van der Waals surface area contributed by atoms with E-state index in [2.05, 4.69) is 20.4 Å². The van der Waals surface area contributed by atoms with Crippen LogP contribution in [-0.2, 0) is 0 Å². The second-order valence-corrected chi connectivity index (χ2v) is 5.81. The maximum atomic E-state index is 6.16. The van der Waals surface area contributed by atoms with Gasteiger partial charge in [-0.05, 0) is 19.1 Å². The number of nitrogens with two attached hydrogens (primary N) is 1. The molecule has 7 nitrogen and oxygen atoms in total. The van der Waals surface area contributed by atoms with Gasteiger partial charge in [0.2, 0.25) is 0 Å². The van der Waals surface area contributed by atoms with Gasteiger partial charge in [0.1, 0.15) is 11.5 Å². The van der Waals surface area contributed by atoms with E-state index in [1.54, 1.807) is 0 Å². The Morgan fingerprint density at radius 2 is 2.05 bits per heavy atom. The molecule has 0 radical (unpaired) electrons. The summed E-state index contributed by atoms with van der Waals surface area (Å²) in [7, 11) is 0. The number of fused-ring (bicyclic) bond motifs is 1. The topological polar surface area (TPSA) is 92.6 Å². The number of hydrogen-bond acceptors (Lipinski definition) is 7. The molecular formula is C15H18N6O. The Morgan fingerprint density at radius 3 is 2.77 bits per heavy atom. The van der Waals surface area contributed by atoms with Gasteiger partial charge in [-0.2, -0.15) is 4.98 Å². The summed E-state index contributed by atoms with van der Waals surface area (Å²) in [6.07, 6.45) is 1.67. The minimum absolute atomic E-state index is 0.329. The zero-order valence-electron chi connectivity index (χ0n) is 12.4. The first kappa shape index (κ1) is 13.1. The minimum atomic E-state index is -0.329. The summed E-state index contributed by atoms with van der Waals surface area (Å²) in [4.78, 5) is 11.1. The molecule has 1 fully saturated rings. The van der Waals surface area contributed by atoms with E-state index in [0.29, 0.717) is 17.7 Å². The summed E-state index contributed by atoms with van der Waals surface area (Å²) in [5.41, 5.74) is 7.86. The summed E-state index contributed by atoms with van der Waals surface area (Å²) >= 11 is 0. The molecule has 0 saturated carbocycles. The van der Waals surface area contributed by atoms with Crippen molar-refractivity contribution in [1.82, 2.24) is 10.1 Å². The van der Waals surface area contributed by atoms with Crippen LogP contribution in [0.2, 0.25) is 0 Å². The SMILES string of the molecule is Cc1noc(N2CCC3(CC2)N=C(N)c2ccccc2N3)n1. The van der Waals surface area contributed by atoms with E-state index >= 15 is 0 Å². The number of nitrogens with zero attached hydrogens (tertiary/aromatic N) is 4. The van der Waals surface area contributed by atoms with Gasteiger partial charge in [0.15, 0.2) is 5.82 Å². The number of aliphatic imine (C=N–C) groups is 1. The molecule has 0 aliphatic carbocycles. The number of piperidine rings is 1. The number of nitrogens with one attached hydrogen (secondary N) is 1. The molecule has 2 aliphatic heterocycles. The Labute approximate surface area is 128 Å². The third-order valence-corrected chi connectivity index (χ3v) is 4.28. The largest absolute Gasteiger partial charge is 0.383 e. The number of rotatable bonds is 1. The highest BCUT2D eigenvalue weighted by molar-refractivity contribution is 6.04. The van der Waals surface area contributed by atoms with Gasteiger partial charge in [-0.15, -0.1) is 0 Å². The smallest absolute Gasteiger partial charge is 0.324 e. The van der Waals surface area contributed by atoms with Crippen LogP contribution >= 0.6 is 0 Å². The first-order chi connectivity index (χ1) is 10.7. The minimum Gasteiger partial charge on any atom is -0.383 e. The lowest BCUT2D eigenvalue weighted by Gasteiger charge is -2.42. The summed E-state index contributed by atoms with van der Waals surface area (Å²) in [6.45, 7) is 3.42. The molecule has 114 valence electrons. The van der Waals surface area contributed by atoms with Gasteiger partial charge in [-0.1, -0.05) is 17.3 Å². The van der Waals surface area contributed by atoms with Crippen molar-refractivity contribution < 1.29 is 4.52 Å². The van der Waals surface area contributed by atoms with Gasteiger partial charge in [0.25, 0.3) is 0 Å². The molecule has 2 aromatic rings. The molecule has 0 unspecified atom stereocenters. The fraction of sp³-hybridized carbons (Fsp3) is 0.400. The molecule has 1 saturated heterocycles. The van der Waals surface area contributed by atoms with Gasteiger partial charge in [-0.3, -0.25) is 0 Å². The second-order valence-electron chi connectivity index (χ2n) is 5.81. The molecule has 1 spiro atoms. The summed E-state index contributed by atoms with van der Waals surface area (Å²) < 4.78 is 5.24. The van der Waals surface area contributed by atoms with Crippen molar-refractivity contribution in [2.45, 2.75) is 25.4 Å². The average Bonchev–Trinajstić information content (AvgIpc) is 2.94. The number of anilines is 2. The Hall–Kier alpha value is -2.57.